The van der Waals surface area contributed by atoms with Crippen molar-refractivity contribution in [3.05, 3.63) is 0 Å². The molecule has 0 spiro atoms. The van der Waals surface area contributed by atoms with E-state index in [-0.39, 0.29) is 5.91 Å². The summed E-state index contributed by atoms with van der Waals surface area (Å²) in [6.07, 6.45) is 4.07. The SMILES string of the molecule is CC(=O)NCCNCC1(C)CCC1. The number of hydrogen-bond acceptors (Lipinski definition) is 2. The summed E-state index contributed by atoms with van der Waals surface area (Å²) in [5.74, 6) is 0.0525. The van der Waals surface area contributed by atoms with Gasteiger partial charge in [0.1, 0.15) is 0 Å². The van der Waals surface area contributed by atoms with Crippen molar-refractivity contribution >= 4 is 5.91 Å². The van der Waals surface area contributed by atoms with Gasteiger partial charge in [0.05, 0.1) is 0 Å². The van der Waals surface area contributed by atoms with Gasteiger partial charge >= 0.3 is 0 Å². The van der Waals surface area contributed by atoms with Gasteiger partial charge < -0.3 is 10.6 Å². The quantitative estimate of drug-likeness (QED) is 0.623. The molecule has 1 aliphatic rings. The van der Waals surface area contributed by atoms with Crippen LogP contribution in [0.5, 0.6) is 0 Å². The molecule has 1 saturated carbocycles. The summed E-state index contributed by atoms with van der Waals surface area (Å²) < 4.78 is 0. The van der Waals surface area contributed by atoms with E-state index in [0.29, 0.717) is 5.41 Å². The highest BCUT2D eigenvalue weighted by Gasteiger charge is 2.30. The number of nitrogens with one attached hydrogen (secondary N) is 2. The average Bonchev–Trinajstić information content (AvgIpc) is 2.00. The second kappa shape index (κ2) is 4.61. The monoisotopic (exact) mass is 184 g/mol. The first-order chi connectivity index (χ1) is 6.12. The maximum atomic E-state index is 10.5. The highest BCUT2D eigenvalue weighted by atomic mass is 16.1. The number of carbonyl (C=O) groups is 1. The zero-order valence-corrected chi connectivity index (χ0v) is 8.65. The molecule has 1 fully saturated rings. The van der Waals surface area contributed by atoms with E-state index in [1.807, 2.05) is 0 Å². The number of carbonyl (C=O) groups excluding carboxylic acids is 1. The van der Waals surface area contributed by atoms with Crippen molar-refractivity contribution in [3.63, 3.8) is 0 Å². The average molecular weight is 184 g/mol. The van der Waals surface area contributed by atoms with Crippen LogP contribution in [0, 0.1) is 5.41 Å². The molecule has 0 aromatic carbocycles. The van der Waals surface area contributed by atoms with Gasteiger partial charge in [0.15, 0.2) is 0 Å². The predicted octanol–water partition coefficient (Wildman–Crippen LogP) is 0.902. The summed E-state index contributed by atoms with van der Waals surface area (Å²) in [5.41, 5.74) is 0.538. The van der Waals surface area contributed by atoms with E-state index < -0.39 is 0 Å². The van der Waals surface area contributed by atoms with Crippen LogP contribution >= 0.6 is 0 Å². The highest BCUT2D eigenvalue weighted by Crippen LogP contribution is 2.39. The number of hydrogen-bond donors (Lipinski definition) is 2. The van der Waals surface area contributed by atoms with E-state index in [0.717, 1.165) is 19.6 Å². The summed E-state index contributed by atoms with van der Waals surface area (Å²) >= 11 is 0. The topological polar surface area (TPSA) is 41.1 Å². The molecule has 0 heterocycles. The Morgan fingerprint density at radius 2 is 2.08 bits per heavy atom. The molecule has 1 aliphatic carbocycles. The maximum Gasteiger partial charge on any atom is 0.216 e. The standard InChI is InChI=1S/C10H20N2O/c1-9(13)12-7-6-11-8-10(2)4-3-5-10/h11H,3-8H2,1-2H3,(H,12,13). The number of rotatable bonds is 5. The minimum absolute atomic E-state index is 0.0525. The number of amides is 1. The second-order valence-corrected chi connectivity index (χ2v) is 4.32. The lowest BCUT2D eigenvalue weighted by Crippen LogP contribution is -2.40. The molecule has 0 unspecified atom stereocenters. The van der Waals surface area contributed by atoms with E-state index in [1.165, 1.54) is 19.3 Å². The van der Waals surface area contributed by atoms with E-state index in [2.05, 4.69) is 17.6 Å². The zero-order chi connectivity index (χ0) is 9.73. The third-order valence-corrected chi connectivity index (χ3v) is 2.79. The molecule has 0 aromatic rings. The van der Waals surface area contributed by atoms with Crippen molar-refractivity contribution in [2.24, 2.45) is 5.41 Å². The van der Waals surface area contributed by atoms with Crippen molar-refractivity contribution < 1.29 is 4.79 Å². The maximum absolute atomic E-state index is 10.5. The fraction of sp³-hybridized carbons (Fsp3) is 0.900. The van der Waals surface area contributed by atoms with Crippen molar-refractivity contribution in [2.45, 2.75) is 33.1 Å². The van der Waals surface area contributed by atoms with Gasteiger partial charge in [-0.25, -0.2) is 0 Å². The van der Waals surface area contributed by atoms with Crippen LogP contribution < -0.4 is 10.6 Å². The first-order valence-corrected chi connectivity index (χ1v) is 5.08. The molecule has 0 aliphatic heterocycles. The molecule has 1 rings (SSSR count). The minimum Gasteiger partial charge on any atom is -0.355 e. The van der Waals surface area contributed by atoms with Crippen LogP contribution in [0.15, 0.2) is 0 Å². The summed E-state index contributed by atoms with van der Waals surface area (Å²) in [5, 5.41) is 6.13. The van der Waals surface area contributed by atoms with Gasteiger partial charge in [-0.15, -0.1) is 0 Å². The predicted molar refractivity (Wildman–Crippen MR) is 53.5 cm³/mol. The van der Waals surface area contributed by atoms with Crippen LogP contribution in [-0.4, -0.2) is 25.5 Å². The van der Waals surface area contributed by atoms with Crippen molar-refractivity contribution in [1.29, 1.82) is 0 Å². The first-order valence-electron chi connectivity index (χ1n) is 5.08. The Labute approximate surface area is 80.3 Å². The van der Waals surface area contributed by atoms with Gasteiger partial charge in [-0.3, -0.25) is 4.79 Å². The molecule has 1 amide bonds. The van der Waals surface area contributed by atoms with Gasteiger partial charge in [-0.05, 0) is 18.3 Å². The molecule has 0 aromatic heterocycles. The minimum atomic E-state index is 0.0525. The van der Waals surface area contributed by atoms with Crippen LogP contribution in [0.3, 0.4) is 0 Å². The summed E-state index contributed by atoms with van der Waals surface area (Å²) in [6.45, 7) is 6.59. The smallest absolute Gasteiger partial charge is 0.216 e. The van der Waals surface area contributed by atoms with E-state index in [9.17, 15) is 4.79 Å². The fourth-order valence-electron chi connectivity index (χ4n) is 1.67. The van der Waals surface area contributed by atoms with E-state index in [1.54, 1.807) is 6.92 Å². The van der Waals surface area contributed by atoms with Gasteiger partial charge in [-0.1, -0.05) is 13.3 Å². The van der Waals surface area contributed by atoms with Crippen molar-refractivity contribution in [1.82, 2.24) is 10.6 Å². The molecule has 76 valence electrons. The lowest BCUT2D eigenvalue weighted by Gasteiger charge is -2.38. The third kappa shape index (κ3) is 3.77. The Morgan fingerprint density at radius 1 is 1.38 bits per heavy atom. The van der Waals surface area contributed by atoms with Gasteiger partial charge in [0.2, 0.25) is 5.91 Å². The lowest BCUT2D eigenvalue weighted by atomic mass is 9.70. The van der Waals surface area contributed by atoms with Crippen molar-refractivity contribution in [2.75, 3.05) is 19.6 Å². The normalized spacial score (nSPS) is 19.2. The molecule has 0 bridgehead atoms. The van der Waals surface area contributed by atoms with Gasteiger partial charge in [0.25, 0.3) is 0 Å². The molecule has 3 nitrogen and oxygen atoms in total. The summed E-state index contributed by atoms with van der Waals surface area (Å²) in [4.78, 5) is 10.5. The van der Waals surface area contributed by atoms with Gasteiger partial charge in [-0.2, -0.15) is 0 Å². The van der Waals surface area contributed by atoms with Crippen LogP contribution in [0.1, 0.15) is 33.1 Å². The van der Waals surface area contributed by atoms with E-state index in [4.69, 9.17) is 0 Å². The summed E-state index contributed by atoms with van der Waals surface area (Å²) in [6, 6.07) is 0. The lowest BCUT2D eigenvalue weighted by molar-refractivity contribution is -0.118. The Hall–Kier alpha value is -0.570. The zero-order valence-electron chi connectivity index (χ0n) is 8.65. The van der Waals surface area contributed by atoms with E-state index >= 15 is 0 Å². The Kier molecular flexibility index (Phi) is 3.72. The third-order valence-electron chi connectivity index (χ3n) is 2.79. The molecule has 0 atom stereocenters. The van der Waals surface area contributed by atoms with Crippen LogP contribution in [0.2, 0.25) is 0 Å². The van der Waals surface area contributed by atoms with Crippen LogP contribution in [0.4, 0.5) is 0 Å². The highest BCUT2D eigenvalue weighted by molar-refractivity contribution is 5.72. The molecule has 0 saturated heterocycles. The first kappa shape index (κ1) is 10.5. The molecule has 0 radical (unpaired) electrons. The van der Waals surface area contributed by atoms with Crippen LogP contribution in [-0.2, 0) is 4.79 Å². The molecular weight excluding hydrogens is 164 g/mol. The molecular formula is C10H20N2O. The Balaban J connectivity index is 1.92. The van der Waals surface area contributed by atoms with Gasteiger partial charge in [0, 0.05) is 26.6 Å². The molecule has 2 N–H and O–H groups in total. The fourth-order valence-corrected chi connectivity index (χ4v) is 1.67. The van der Waals surface area contributed by atoms with Crippen molar-refractivity contribution in [3.8, 4) is 0 Å². The molecule has 3 heteroatoms. The second-order valence-electron chi connectivity index (χ2n) is 4.32. The van der Waals surface area contributed by atoms with Crippen LogP contribution in [0.25, 0.3) is 0 Å². The molecule has 13 heavy (non-hydrogen) atoms. The Morgan fingerprint density at radius 3 is 2.54 bits per heavy atom. The summed E-state index contributed by atoms with van der Waals surface area (Å²) in [7, 11) is 0. The largest absolute Gasteiger partial charge is 0.355 e. The Bertz CT molecular complexity index is 176.